The molecule has 0 spiro atoms. The first-order valence-corrected chi connectivity index (χ1v) is 11.2. The van der Waals surface area contributed by atoms with Crippen LogP contribution in [0.4, 0.5) is 4.39 Å². The van der Waals surface area contributed by atoms with Crippen LogP contribution in [0.5, 0.6) is 5.75 Å². The van der Waals surface area contributed by atoms with Gasteiger partial charge < -0.3 is 14.8 Å². The lowest BCUT2D eigenvalue weighted by Gasteiger charge is -2.27. The van der Waals surface area contributed by atoms with E-state index in [0.717, 1.165) is 6.07 Å². The van der Waals surface area contributed by atoms with Crippen molar-refractivity contribution in [1.29, 1.82) is 0 Å². The Labute approximate surface area is 189 Å². The van der Waals surface area contributed by atoms with Gasteiger partial charge in [0.2, 0.25) is 5.91 Å². The van der Waals surface area contributed by atoms with Crippen molar-refractivity contribution in [2.24, 2.45) is 0 Å². The van der Waals surface area contributed by atoms with Gasteiger partial charge in [0.25, 0.3) is 15.9 Å². The molecule has 0 radical (unpaired) electrons. The molecule has 1 N–H and O–H groups in total. The first kappa shape index (κ1) is 23.7. The Hall–Kier alpha value is -2.95. The Balaban J connectivity index is 2.15. The van der Waals surface area contributed by atoms with Gasteiger partial charge in [0.05, 0.1) is 18.6 Å². The third-order valence-electron chi connectivity index (χ3n) is 4.73. The zero-order chi connectivity index (χ0) is 23.5. The lowest BCUT2D eigenvalue weighted by atomic mass is 10.1. The molecule has 0 aliphatic carbocycles. The van der Waals surface area contributed by atoms with E-state index < -0.39 is 33.7 Å². The molecule has 1 aliphatic heterocycles. The average molecular weight is 483 g/mol. The highest BCUT2D eigenvalue weighted by Crippen LogP contribution is 2.27. The van der Waals surface area contributed by atoms with Gasteiger partial charge in [-0.25, -0.2) is 17.1 Å². The molecular weight excluding hydrogens is 463 g/mol. The standard InChI is InChI=1S/C21H20ClFN2O6S/c1-30-12-18-20(26)24-11-14(9-13-10-16(23)5-8-19(13)31-2)21(27)25(18)32(28,29)17-6-3-15(22)4-7-17/h3-10,18H,11-12H2,1-2H3,(H,24,26). The summed E-state index contributed by atoms with van der Waals surface area (Å²) in [7, 11) is -1.81. The minimum atomic E-state index is -4.47. The summed E-state index contributed by atoms with van der Waals surface area (Å²) < 4.78 is 51.2. The lowest BCUT2D eigenvalue weighted by Crippen LogP contribution is -2.51. The third-order valence-corrected chi connectivity index (χ3v) is 6.79. The summed E-state index contributed by atoms with van der Waals surface area (Å²) in [5, 5.41) is 2.83. The highest BCUT2D eigenvalue weighted by molar-refractivity contribution is 7.89. The number of nitrogens with one attached hydrogen (secondary N) is 1. The fourth-order valence-corrected chi connectivity index (χ4v) is 4.84. The molecule has 32 heavy (non-hydrogen) atoms. The lowest BCUT2D eigenvalue weighted by molar-refractivity contribution is -0.132. The van der Waals surface area contributed by atoms with Crippen LogP contribution in [0, 0.1) is 5.82 Å². The van der Waals surface area contributed by atoms with E-state index in [1.54, 1.807) is 0 Å². The van der Waals surface area contributed by atoms with Crippen LogP contribution in [0.15, 0.2) is 52.9 Å². The zero-order valence-electron chi connectivity index (χ0n) is 17.2. The average Bonchev–Trinajstić information content (AvgIpc) is 2.86. The summed E-state index contributed by atoms with van der Waals surface area (Å²) >= 11 is 5.85. The van der Waals surface area contributed by atoms with Crippen molar-refractivity contribution >= 4 is 39.5 Å². The van der Waals surface area contributed by atoms with Crippen LogP contribution in [0.3, 0.4) is 0 Å². The number of nitrogens with zero attached hydrogens (tertiary/aromatic N) is 1. The number of hydrogen-bond donors (Lipinski definition) is 1. The molecule has 2 amide bonds. The molecule has 170 valence electrons. The fraction of sp³-hybridized carbons (Fsp3) is 0.238. The summed E-state index contributed by atoms with van der Waals surface area (Å²) in [5.74, 6) is -1.98. The second-order valence-electron chi connectivity index (χ2n) is 6.80. The van der Waals surface area contributed by atoms with E-state index in [1.807, 2.05) is 0 Å². The number of carbonyl (C=O) groups is 2. The van der Waals surface area contributed by atoms with Gasteiger partial charge in [-0.05, 0) is 48.5 Å². The smallest absolute Gasteiger partial charge is 0.267 e. The van der Waals surface area contributed by atoms with E-state index in [0.29, 0.717) is 9.33 Å². The molecule has 0 bridgehead atoms. The summed E-state index contributed by atoms with van der Waals surface area (Å²) in [6.45, 7) is -0.634. The van der Waals surface area contributed by atoms with Crippen molar-refractivity contribution in [1.82, 2.24) is 9.62 Å². The molecule has 2 aromatic rings. The number of halogens is 2. The highest BCUT2D eigenvalue weighted by atomic mass is 35.5. The number of hydrogen-bond acceptors (Lipinski definition) is 6. The van der Waals surface area contributed by atoms with Gasteiger partial charge in [0, 0.05) is 29.8 Å². The molecule has 1 fully saturated rings. The number of sulfonamides is 1. The van der Waals surface area contributed by atoms with Crippen LogP contribution < -0.4 is 10.1 Å². The molecule has 3 rings (SSSR count). The van der Waals surface area contributed by atoms with Crippen molar-refractivity contribution in [2.75, 3.05) is 27.4 Å². The molecule has 0 saturated carbocycles. The number of carbonyl (C=O) groups excluding carboxylic acids is 2. The molecule has 1 saturated heterocycles. The van der Waals surface area contributed by atoms with Crippen molar-refractivity contribution < 1.29 is 31.9 Å². The Morgan fingerprint density at radius 2 is 1.88 bits per heavy atom. The molecule has 11 heteroatoms. The van der Waals surface area contributed by atoms with E-state index in [4.69, 9.17) is 21.1 Å². The van der Waals surface area contributed by atoms with E-state index in [-0.39, 0.29) is 34.9 Å². The van der Waals surface area contributed by atoms with Gasteiger partial charge in [-0.2, -0.15) is 0 Å². The van der Waals surface area contributed by atoms with Gasteiger partial charge in [0.15, 0.2) is 6.04 Å². The van der Waals surface area contributed by atoms with Crippen molar-refractivity contribution in [3.05, 3.63) is 64.4 Å². The van der Waals surface area contributed by atoms with Gasteiger partial charge in [-0.3, -0.25) is 9.59 Å². The van der Waals surface area contributed by atoms with Gasteiger partial charge in [-0.15, -0.1) is 0 Å². The molecule has 1 unspecified atom stereocenters. The van der Waals surface area contributed by atoms with E-state index in [2.05, 4.69) is 5.32 Å². The normalized spacial score (nSPS) is 18.4. The number of benzene rings is 2. The van der Waals surface area contributed by atoms with Crippen molar-refractivity contribution in [3.63, 3.8) is 0 Å². The van der Waals surface area contributed by atoms with Gasteiger partial charge >= 0.3 is 0 Å². The SMILES string of the molecule is COCC1C(=O)NCC(=Cc2cc(F)ccc2OC)C(=O)N1S(=O)(=O)c1ccc(Cl)cc1. The second kappa shape index (κ2) is 9.68. The van der Waals surface area contributed by atoms with Gasteiger partial charge in [-0.1, -0.05) is 11.6 Å². The number of methoxy groups -OCH3 is 2. The third kappa shape index (κ3) is 4.77. The summed E-state index contributed by atoms with van der Waals surface area (Å²) in [6, 6.07) is 7.42. The summed E-state index contributed by atoms with van der Waals surface area (Å²) in [6.07, 6.45) is 1.28. The zero-order valence-corrected chi connectivity index (χ0v) is 18.7. The molecule has 8 nitrogen and oxygen atoms in total. The summed E-state index contributed by atoms with van der Waals surface area (Å²) in [4.78, 5) is 25.9. The van der Waals surface area contributed by atoms with Crippen molar-refractivity contribution in [2.45, 2.75) is 10.9 Å². The molecule has 1 aliphatic rings. The van der Waals surface area contributed by atoms with Crippen LogP contribution in [0.2, 0.25) is 5.02 Å². The minimum absolute atomic E-state index is 0.0848. The van der Waals surface area contributed by atoms with Gasteiger partial charge in [0.1, 0.15) is 11.6 Å². The molecule has 0 aromatic heterocycles. The molecule has 1 atom stereocenters. The fourth-order valence-electron chi connectivity index (χ4n) is 3.18. The Bertz CT molecular complexity index is 1170. The Kier molecular flexibility index (Phi) is 7.17. The topological polar surface area (TPSA) is 102 Å². The highest BCUT2D eigenvalue weighted by Gasteiger charge is 2.43. The maximum Gasteiger partial charge on any atom is 0.267 e. The van der Waals surface area contributed by atoms with E-state index in [9.17, 15) is 22.4 Å². The summed E-state index contributed by atoms with van der Waals surface area (Å²) in [5.41, 5.74) is 0.123. The molecule has 1 heterocycles. The first-order valence-electron chi connectivity index (χ1n) is 9.34. The Morgan fingerprint density at radius 1 is 1.19 bits per heavy atom. The largest absolute Gasteiger partial charge is 0.496 e. The van der Waals surface area contributed by atoms with E-state index >= 15 is 0 Å². The maximum atomic E-state index is 13.8. The van der Waals surface area contributed by atoms with Crippen LogP contribution in [0.25, 0.3) is 6.08 Å². The van der Waals surface area contributed by atoms with Crippen LogP contribution in [-0.4, -0.2) is 58.0 Å². The van der Waals surface area contributed by atoms with E-state index in [1.165, 1.54) is 56.7 Å². The first-order chi connectivity index (χ1) is 15.2. The van der Waals surface area contributed by atoms with Crippen molar-refractivity contribution in [3.8, 4) is 5.75 Å². The predicted octanol–water partition coefficient (Wildman–Crippen LogP) is 2.23. The maximum absolute atomic E-state index is 13.8. The molecular formula is C21H20ClFN2O6S. The monoisotopic (exact) mass is 482 g/mol. The van der Waals surface area contributed by atoms with Crippen LogP contribution >= 0.6 is 11.6 Å². The molecule has 2 aromatic carbocycles. The number of ether oxygens (including phenoxy) is 2. The van der Waals surface area contributed by atoms with Crippen LogP contribution in [0.1, 0.15) is 5.56 Å². The quantitative estimate of drug-likeness (QED) is 0.633. The minimum Gasteiger partial charge on any atom is -0.496 e. The number of amides is 2. The Morgan fingerprint density at radius 3 is 2.50 bits per heavy atom. The predicted molar refractivity (Wildman–Crippen MR) is 115 cm³/mol. The number of rotatable bonds is 6. The second-order valence-corrected chi connectivity index (χ2v) is 9.06. The van der Waals surface area contributed by atoms with Crippen LogP contribution in [-0.2, 0) is 24.3 Å².